The van der Waals surface area contributed by atoms with Crippen molar-refractivity contribution >= 4 is 5.91 Å². The molecule has 1 aliphatic heterocycles. The summed E-state index contributed by atoms with van der Waals surface area (Å²) >= 11 is 0. The van der Waals surface area contributed by atoms with Gasteiger partial charge in [-0.2, -0.15) is 0 Å². The Morgan fingerprint density at radius 3 is 2.69 bits per heavy atom. The summed E-state index contributed by atoms with van der Waals surface area (Å²) in [5, 5.41) is 3.77. The summed E-state index contributed by atoms with van der Waals surface area (Å²) in [6, 6.07) is 23.0. The zero-order valence-electron chi connectivity index (χ0n) is 18.5. The lowest BCUT2D eigenvalue weighted by molar-refractivity contribution is 0.0697. The number of aryl methyl sites for hydroxylation is 1. The molecule has 1 fully saturated rings. The van der Waals surface area contributed by atoms with Crippen LogP contribution in [0.2, 0.25) is 0 Å². The normalized spacial score (nSPS) is 23.3. The lowest BCUT2D eigenvalue weighted by Crippen LogP contribution is -2.42. The number of carbonyl (C=O) groups excluding carboxylic acids is 1. The standard InChI is InChI=1S/C27H31N3O2/c1-18(28)25-13-14-26(32-25)27(31)30-17-21(19-7-3-2-4-8-19)15-22(30)16-29-24-12-11-20-9-5-6-10-23(20)24/h2-10,13-14,18,21-22,24,29H,11-12,15-17,28H2,1H3. The number of furan rings is 1. The minimum atomic E-state index is -0.230. The molecule has 1 aromatic heterocycles. The van der Waals surface area contributed by atoms with Crippen LogP contribution in [0.4, 0.5) is 0 Å². The van der Waals surface area contributed by atoms with Gasteiger partial charge in [0.2, 0.25) is 0 Å². The molecule has 2 aromatic carbocycles. The number of hydrogen-bond acceptors (Lipinski definition) is 4. The summed E-state index contributed by atoms with van der Waals surface area (Å²) in [4.78, 5) is 15.4. The minimum absolute atomic E-state index is 0.0473. The average Bonchev–Trinajstić information content (AvgIpc) is 3.56. The summed E-state index contributed by atoms with van der Waals surface area (Å²) < 4.78 is 5.80. The fraction of sp³-hybridized carbons (Fsp3) is 0.370. The number of nitrogens with one attached hydrogen (secondary N) is 1. The minimum Gasteiger partial charge on any atom is -0.454 e. The molecule has 2 aliphatic rings. The van der Waals surface area contributed by atoms with Gasteiger partial charge in [-0.3, -0.25) is 4.79 Å². The zero-order chi connectivity index (χ0) is 22.1. The van der Waals surface area contributed by atoms with Crippen molar-refractivity contribution in [1.82, 2.24) is 10.2 Å². The van der Waals surface area contributed by atoms with E-state index in [9.17, 15) is 4.79 Å². The van der Waals surface area contributed by atoms with Crippen molar-refractivity contribution in [2.75, 3.05) is 13.1 Å². The Morgan fingerprint density at radius 2 is 1.91 bits per heavy atom. The molecular weight excluding hydrogens is 398 g/mol. The molecule has 5 rings (SSSR count). The Hall–Kier alpha value is -2.89. The Balaban J connectivity index is 1.34. The second-order valence-corrected chi connectivity index (χ2v) is 9.14. The summed E-state index contributed by atoms with van der Waals surface area (Å²) in [5.74, 6) is 1.30. The fourth-order valence-electron chi connectivity index (χ4n) is 5.23. The molecule has 3 N–H and O–H groups in total. The second kappa shape index (κ2) is 8.93. The van der Waals surface area contributed by atoms with Crippen LogP contribution in [-0.2, 0) is 6.42 Å². The second-order valence-electron chi connectivity index (χ2n) is 9.14. The molecule has 166 valence electrons. The summed E-state index contributed by atoms with van der Waals surface area (Å²) in [5.41, 5.74) is 10.1. The molecule has 1 saturated heterocycles. The maximum atomic E-state index is 13.4. The fourth-order valence-corrected chi connectivity index (χ4v) is 5.23. The average molecular weight is 430 g/mol. The van der Waals surface area contributed by atoms with Crippen molar-refractivity contribution in [1.29, 1.82) is 0 Å². The highest BCUT2D eigenvalue weighted by molar-refractivity contribution is 5.92. The van der Waals surface area contributed by atoms with E-state index >= 15 is 0 Å². The monoisotopic (exact) mass is 429 g/mol. The first-order valence-electron chi connectivity index (χ1n) is 11.6. The molecule has 4 unspecified atom stereocenters. The van der Waals surface area contributed by atoms with Crippen LogP contribution in [0.15, 0.2) is 71.1 Å². The Labute approximate surface area is 189 Å². The van der Waals surface area contributed by atoms with E-state index in [4.69, 9.17) is 10.2 Å². The number of fused-ring (bicyclic) bond motifs is 1. The van der Waals surface area contributed by atoms with Crippen molar-refractivity contribution in [2.45, 2.75) is 50.2 Å². The maximum Gasteiger partial charge on any atom is 0.289 e. The first-order valence-corrected chi connectivity index (χ1v) is 11.6. The molecule has 0 saturated carbocycles. The van der Waals surface area contributed by atoms with Gasteiger partial charge in [0.15, 0.2) is 5.76 Å². The van der Waals surface area contributed by atoms with Gasteiger partial charge in [0.05, 0.1) is 6.04 Å². The number of amides is 1. The molecule has 5 nitrogen and oxygen atoms in total. The quantitative estimate of drug-likeness (QED) is 0.602. The summed E-state index contributed by atoms with van der Waals surface area (Å²) in [6.07, 6.45) is 3.16. The largest absolute Gasteiger partial charge is 0.454 e. The van der Waals surface area contributed by atoms with Gasteiger partial charge in [-0.25, -0.2) is 0 Å². The van der Waals surface area contributed by atoms with Gasteiger partial charge < -0.3 is 20.4 Å². The van der Waals surface area contributed by atoms with Gasteiger partial charge in [-0.05, 0) is 55.0 Å². The van der Waals surface area contributed by atoms with Crippen LogP contribution in [0.25, 0.3) is 0 Å². The van der Waals surface area contributed by atoms with E-state index in [0.29, 0.717) is 30.0 Å². The molecule has 3 aromatic rings. The number of benzene rings is 2. The van der Waals surface area contributed by atoms with Crippen molar-refractivity contribution in [3.63, 3.8) is 0 Å². The molecule has 2 heterocycles. The maximum absolute atomic E-state index is 13.4. The molecule has 32 heavy (non-hydrogen) atoms. The molecule has 4 atom stereocenters. The molecule has 5 heteroatoms. The van der Waals surface area contributed by atoms with Crippen molar-refractivity contribution < 1.29 is 9.21 Å². The third-order valence-corrected chi connectivity index (χ3v) is 6.97. The first kappa shape index (κ1) is 21.0. The predicted octanol–water partition coefficient (Wildman–Crippen LogP) is 4.57. The zero-order valence-corrected chi connectivity index (χ0v) is 18.5. The number of likely N-dealkylation sites (tertiary alicyclic amines) is 1. The van der Waals surface area contributed by atoms with Crippen LogP contribution >= 0.6 is 0 Å². The number of nitrogens with two attached hydrogens (primary N) is 1. The third-order valence-electron chi connectivity index (χ3n) is 6.97. The highest BCUT2D eigenvalue weighted by Crippen LogP contribution is 2.35. The van der Waals surface area contributed by atoms with Crippen molar-refractivity contribution in [3.05, 3.63) is 94.9 Å². The Morgan fingerprint density at radius 1 is 1.12 bits per heavy atom. The van der Waals surface area contributed by atoms with E-state index in [0.717, 1.165) is 25.8 Å². The molecule has 0 spiro atoms. The van der Waals surface area contributed by atoms with E-state index in [1.807, 2.05) is 24.0 Å². The number of hydrogen-bond donors (Lipinski definition) is 2. The molecule has 1 aliphatic carbocycles. The van der Waals surface area contributed by atoms with Crippen molar-refractivity contribution in [3.8, 4) is 0 Å². The van der Waals surface area contributed by atoms with Crippen LogP contribution in [0.1, 0.15) is 70.8 Å². The van der Waals surface area contributed by atoms with Gasteiger partial charge in [0.25, 0.3) is 5.91 Å². The summed E-state index contributed by atoms with van der Waals surface area (Å²) in [7, 11) is 0. The smallest absolute Gasteiger partial charge is 0.289 e. The SMILES string of the molecule is CC(N)c1ccc(C(=O)N2CC(c3ccccc3)CC2CNC2CCc3ccccc32)o1. The summed E-state index contributed by atoms with van der Waals surface area (Å²) in [6.45, 7) is 3.33. The van der Waals surface area contributed by atoms with Crippen LogP contribution < -0.4 is 11.1 Å². The topological polar surface area (TPSA) is 71.5 Å². The molecule has 0 bridgehead atoms. The van der Waals surface area contributed by atoms with E-state index in [-0.39, 0.29) is 18.0 Å². The number of nitrogens with zero attached hydrogens (tertiary/aromatic N) is 1. The van der Waals surface area contributed by atoms with Gasteiger partial charge >= 0.3 is 0 Å². The molecular formula is C27H31N3O2. The lowest BCUT2D eigenvalue weighted by Gasteiger charge is -2.26. The Kier molecular flexibility index (Phi) is 5.85. The molecule has 0 radical (unpaired) electrons. The van der Waals surface area contributed by atoms with Gasteiger partial charge in [0.1, 0.15) is 5.76 Å². The highest BCUT2D eigenvalue weighted by Gasteiger charge is 2.38. The lowest BCUT2D eigenvalue weighted by atomic mass is 9.96. The van der Waals surface area contributed by atoms with E-state index in [1.54, 1.807) is 6.07 Å². The first-order chi connectivity index (χ1) is 15.6. The number of rotatable bonds is 6. The van der Waals surface area contributed by atoms with Crippen LogP contribution in [0, 0.1) is 0 Å². The van der Waals surface area contributed by atoms with Crippen LogP contribution in [0.3, 0.4) is 0 Å². The van der Waals surface area contributed by atoms with E-state index in [2.05, 4.69) is 53.8 Å². The van der Waals surface area contributed by atoms with Gasteiger partial charge in [0, 0.05) is 31.1 Å². The number of carbonyl (C=O) groups is 1. The van der Waals surface area contributed by atoms with Crippen LogP contribution in [-0.4, -0.2) is 29.9 Å². The van der Waals surface area contributed by atoms with Crippen LogP contribution in [0.5, 0.6) is 0 Å². The van der Waals surface area contributed by atoms with Gasteiger partial charge in [-0.1, -0.05) is 54.6 Å². The third kappa shape index (κ3) is 4.10. The van der Waals surface area contributed by atoms with Gasteiger partial charge in [-0.15, -0.1) is 0 Å². The van der Waals surface area contributed by atoms with Crippen molar-refractivity contribution in [2.24, 2.45) is 5.73 Å². The predicted molar refractivity (Wildman–Crippen MR) is 125 cm³/mol. The van der Waals surface area contributed by atoms with E-state index in [1.165, 1.54) is 16.7 Å². The van der Waals surface area contributed by atoms with E-state index < -0.39 is 0 Å². The highest BCUT2D eigenvalue weighted by atomic mass is 16.4. The molecule has 1 amide bonds. The Bertz CT molecular complexity index is 1080.